The average Bonchev–Trinajstić information content (AvgIpc) is 2.91. The van der Waals surface area contributed by atoms with Crippen molar-refractivity contribution in [2.45, 2.75) is 27.2 Å². The number of hydrogen-bond donors (Lipinski definition) is 0. The van der Waals surface area contributed by atoms with Gasteiger partial charge in [0.1, 0.15) is 5.82 Å². The lowest BCUT2D eigenvalue weighted by molar-refractivity contribution is 0.0832. The molecule has 0 aliphatic rings. The molecule has 0 atom stereocenters. The summed E-state index contributed by atoms with van der Waals surface area (Å²) in [5.74, 6) is -0.458. The second kappa shape index (κ2) is 4.91. The van der Waals surface area contributed by atoms with Gasteiger partial charge in [-0.1, -0.05) is 20.8 Å². The van der Waals surface area contributed by atoms with Crippen LogP contribution in [0.3, 0.4) is 0 Å². The molecule has 19 heavy (non-hydrogen) atoms. The molecule has 1 heterocycles. The van der Waals surface area contributed by atoms with Crippen molar-refractivity contribution in [3.8, 4) is 5.69 Å². The van der Waals surface area contributed by atoms with E-state index in [1.165, 1.54) is 35.4 Å². The molecule has 0 saturated carbocycles. The first kappa shape index (κ1) is 13.4. The van der Waals surface area contributed by atoms with E-state index in [0.29, 0.717) is 17.7 Å². The maximum Gasteiger partial charge on any atom is 0.170 e. The molecule has 0 saturated heterocycles. The molecular weight excluding hydrogens is 245 g/mol. The summed E-state index contributed by atoms with van der Waals surface area (Å²) in [7, 11) is 0. The van der Waals surface area contributed by atoms with Crippen molar-refractivity contribution in [2.24, 2.45) is 5.41 Å². The van der Waals surface area contributed by atoms with E-state index in [-0.39, 0.29) is 5.78 Å². The van der Waals surface area contributed by atoms with Crippen LogP contribution in [0.4, 0.5) is 4.39 Å². The van der Waals surface area contributed by atoms with Gasteiger partial charge in [-0.05, 0) is 18.6 Å². The number of hydrogen-bond acceptors (Lipinski definition) is 3. The number of Topliss-reactive ketones (excluding diaryl/α,β-unsaturated/α-hetero) is 1. The second-order valence-electron chi connectivity index (χ2n) is 5.05. The standard InChI is InChI=1S/C14H16FN3O/c1-4-14(2,3)13(19)11-6-5-10(15)9-12(11)18-16-7-8-17-18/h5-9H,4H2,1-3H3. The summed E-state index contributed by atoms with van der Waals surface area (Å²) in [6.45, 7) is 5.70. The van der Waals surface area contributed by atoms with Crippen molar-refractivity contribution in [3.63, 3.8) is 0 Å². The van der Waals surface area contributed by atoms with Gasteiger partial charge in [0.15, 0.2) is 5.78 Å². The highest BCUT2D eigenvalue weighted by atomic mass is 19.1. The van der Waals surface area contributed by atoms with Crippen LogP contribution in [0, 0.1) is 11.2 Å². The van der Waals surface area contributed by atoms with Gasteiger partial charge in [-0.2, -0.15) is 15.0 Å². The minimum absolute atomic E-state index is 0.0395. The first-order valence-corrected chi connectivity index (χ1v) is 6.17. The summed E-state index contributed by atoms with van der Waals surface area (Å²) in [4.78, 5) is 13.8. The summed E-state index contributed by atoms with van der Waals surface area (Å²) in [5.41, 5.74) is 0.306. The van der Waals surface area contributed by atoms with Crippen molar-refractivity contribution >= 4 is 5.78 Å². The molecule has 0 aliphatic carbocycles. The Bertz CT molecular complexity index is 591. The lowest BCUT2D eigenvalue weighted by atomic mass is 9.81. The molecule has 0 spiro atoms. The Morgan fingerprint density at radius 3 is 2.53 bits per heavy atom. The number of rotatable bonds is 4. The number of nitrogens with zero attached hydrogens (tertiary/aromatic N) is 3. The van der Waals surface area contributed by atoms with E-state index >= 15 is 0 Å². The first-order chi connectivity index (χ1) is 8.95. The quantitative estimate of drug-likeness (QED) is 0.795. The van der Waals surface area contributed by atoms with Crippen LogP contribution in [0.1, 0.15) is 37.6 Å². The van der Waals surface area contributed by atoms with E-state index in [2.05, 4.69) is 10.2 Å². The number of ketones is 1. The number of halogens is 1. The molecule has 2 aromatic rings. The molecule has 0 radical (unpaired) electrons. The number of aromatic nitrogens is 3. The lowest BCUT2D eigenvalue weighted by Crippen LogP contribution is -2.25. The van der Waals surface area contributed by atoms with E-state index in [1.807, 2.05) is 20.8 Å². The second-order valence-corrected chi connectivity index (χ2v) is 5.05. The zero-order chi connectivity index (χ0) is 14.0. The van der Waals surface area contributed by atoms with Gasteiger partial charge in [0, 0.05) is 17.0 Å². The number of carbonyl (C=O) groups excluding carboxylic acids is 1. The number of benzene rings is 1. The topological polar surface area (TPSA) is 47.8 Å². The first-order valence-electron chi connectivity index (χ1n) is 6.17. The van der Waals surface area contributed by atoms with Gasteiger partial charge in [0.2, 0.25) is 0 Å². The minimum Gasteiger partial charge on any atom is -0.293 e. The van der Waals surface area contributed by atoms with Crippen molar-refractivity contribution in [2.75, 3.05) is 0 Å². The van der Waals surface area contributed by atoms with Crippen molar-refractivity contribution < 1.29 is 9.18 Å². The smallest absolute Gasteiger partial charge is 0.170 e. The van der Waals surface area contributed by atoms with Crippen LogP contribution in [0.25, 0.3) is 5.69 Å². The third kappa shape index (κ3) is 2.54. The molecule has 4 nitrogen and oxygen atoms in total. The Kier molecular flexibility index (Phi) is 3.46. The maximum atomic E-state index is 13.4. The van der Waals surface area contributed by atoms with E-state index in [9.17, 15) is 9.18 Å². The molecule has 1 aromatic heterocycles. The zero-order valence-electron chi connectivity index (χ0n) is 11.2. The zero-order valence-corrected chi connectivity index (χ0v) is 11.2. The van der Waals surface area contributed by atoms with Crippen LogP contribution < -0.4 is 0 Å². The summed E-state index contributed by atoms with van der Waals surface area (Å²) in [5, 5.41) is 7.93. The molecule has 0 amide bonds. The molecule has 1 aromatic carbocycles. The van der Waals surface area contributed by atoms with Crippen molar-refractivity contribution in [1.29, 1.82) is 0 Å². The van der Waals surface area contributed by atoms with Gasteiger partial charge < -0.3 is 0 Å². The van der Waals surface area contributed by atoms with Crippen LogP contribution in [0.15, 0.2) is 30.6 Å². The monoisotopic (exact) mass is 261 g/mol. The molecule has 2 rings (SSSR count). The molecule has 0 bridgehead atoms. The fraction of sp³-hybridized carbons (Fsp3) is 0.357. The molecule has 0 unspecified atom stereocenters. The highest BCUT2D eigenvalue weighted by Gasteiger charge is 2.29. The van der Waals surface area contributed by atoms with Crippen LogP contribution in [0.5, 0.6) is 0 Å². The van der Waals surface area contributed by atoms with E-state index in [1.54, 1.807) is 0 Å². The predicted molar refractivity (Wildman–Crippen MR) is 69.7 cm³/mol. The summed E-state index contributed by atoms with van der Waals surface area (Å²) in [6, 6.07) is 4.05. The van der Waals surface area contributed by atoms with E-state index in [0.717, 1.165) is 0 Å². The molecule has 5 heteroatoms. The predicted octanol–water partition coefficient (Wildman–Crippen LogP) is 3.03. The third-order valence-electron chi connectivity index (χ3n) is 3.34. The molecule has 0 aliphatic heterocycles. The Hall–Kier alpha value is -2.04. The average molecular weight is 261 g/mol. The van der Waals surface area contributed by atoms with Crippen LogP contribution in [-0.4, -0.2) is 20.8 Å². The van der Waals surface area contributed by atoms with Gasteiger partial charge in [-0.3, -0.25) is 4.79 Å². The van der Waals surface area contributed by atoms with Crippen LogP contribution in [0.2, 0.25) is 0 Å². The van der Waals surface area contributed by atoms with E-state index < -0.39 is 11.2 Å². The van der Waals surface area contributed by atoms with Crippen molar-refractivity contribution in [1.82, 2.24) is 15.0 Å². The summed E-state index contributed by atoms with van der Waals surface area (Å²) >= 11 is 0. The van der Waals surface area contributed by atoms with Gasteiger partial charge in [0.25, 0.3) is 0 Å². The Morgan fingerprint density at radius 2 is 1.95 bits per heavy atom. The summed E-state index contributed by atoms with van der Waals surface area (Å²) < 4.78 is 13.4. The Balaban J connectivity index is 2.56. The van der Waals surface area contributed by atoms with Crippen LogP contribution in [-0.2, 0) is 0 Å². The van der Waals surface area contributed by atoms with Crippen LogP contribution >= 0.6 is 0 Å². The fourth-order valence-corrected chi connectivity index (χ4v) is 1.73. The van der Waals surface area contributed by atoms with Gasteiger partial charge >= 0.3 is 0 Å². The molecular formula is C14H16FN3O. The largest absolute Gasteiger partial charge is 0.293 e. The lowest BCUT2D eigenvalue weighted by Gasteiger charge is -2.22. The van der Waals surface area contributed by atoms with E-state index in [4.69, 9.17) is 0 Å². The molecule has 0 N–H and O–H groups in total. The Morgan fingerprint density at radius 1 is 1.32 bits per heavy atom. The normalized spacial score (nSPS) is 11.6. The third-order valence-corrected chi connectivity index (χ3v) is 3.34. The maximum absolute atomic E-state index is 13.4. The highest BCUT2D eigenvalue weighted by molar-refractivity contribution is 6.02. The minimum atomic E-state index is -0.500. The summed E-state index contributed by atoms with van der Waals surface area (Å²) in [6.07, 6.45) is 3.68. The van der Waals surface area contributed by atoms with Gasteiger partial charge in [-0.25, -0.2) is 4.39 Å². The van der Waals surface area contributed by atoms with Gasteiger partial charge in [0.05, 0.1) is 18.1 Å². The van der Waals surface area contributed by atoms with Crippen molar-refractivity contribution in [3.05, 3.63) is 42.0 Å². The SMILES string of the molecule is CCC(C)(C)C(=O)c1ccc(F)cc1-n1nccn1. The highest BCUT2D eigenvalue weighted by Crippen LogP contribution is 2.28. The number of carbonyl (C=O) groups is 1. The molecule has 100 valence electrons. The Labute approximate surface area is 111 Å². The van der Waals surface area contributed by atoms with Gasteiger partial charge in [-0.15, -0.1) is 0 Å². The molecule has 0 fully saturated rings. The fourth-order valence-electron chi connectivity index (χ4n) is 1.73.